The number of hydrogen-bond acceptors (Lipinski definition) is 6. The summed E-state index contributed by atoms with van der Waals surface area (Å²) in [6, 6.07) is 5.46. The molecule has 20 heavy (non-hydrogen) atoms. The van der Waals surface area contributed by atoms with Gasteiger partial charge in [-0.25, -0.2) is 0 Å². The van der Waals surface area contributed by atoms with E-state index in [1.54, 1.807) is 24.5 Å². The van der Waals surface area contributed by atoms with Crippen molar-refractivity contribution in [3.8, 4) is 16.3 Å². The topological polar surface area (TPSA) is 67.3 Å². The molecule has 0 radical (unpaired) electrons. The number of phenols is 1. The van der Waals surface area contributed by atoms with Crippen molar-refractivity contribution < 1.29 is 9.84 Å². The fraction of sp³-hybridized carbons (Fsp3) is 0.429. The third-order valence-electron chi connectivity index (χ3n) is 3.00. The summed E-state index contributed by atoms with van der Waals surface area (Å²) >= 11 is 1.57. The van der Waals surface area contributed by atoms with Crippen LogP contribution in [0, 0.1) is 6.92 Å². The standard InChI is InChI=1S/C14H19N3O2S/c1-10-11(4-3-5-12(10)18)14-17-16-13(20-14)6-7-15-8-9-19-2/h3-5,15,18H,6-9H2,1-2H3. The number of aromatic hydroxyl groups is 1. The molecule has 0 aliphatic carbocycles. The summed E-state index contributed by atoms with van der Waals surface area (Å²) in [6.07, 6.45) is 0.846. The predicted molar refractivity (Wildman–Crippen MR) is 80.2 cm³/mol. The maximum atomic E-state index is 9.73. The van der Waals surface area contributed by atoms with Gasteiger partial charge in [-0.3, -0.25) is 0 Å². The van der Waals surface area contributed by atoms with Crippen molar-refractivity contribution in [2.45, 2.75) is 13.3 Å². The monoisotopic (exact) mass is 293 g/mol. The van der Waals surface area contributed by atoms with E-state index in [-0.39, 0.29) is 0 Å². The first kappa shape index (κ1) is 14.9. The van der Waals surface area contributed by atoms with Gasteiger partial charge in [0.25, 0.3) is 0 Å². The molecule has 2 aromatic rings. The third-order valence-corrected chi connectivity index (χ3v) is 4.02. The largest absolute Gasteiger partial charge is 0.508 e. The molecule has 0 spiro atoms. The maximum absolute atomic E-state index is 9.73. The van der Waals surface area contributed by atoms with Crippen molar-refractivity contribution in [3.05, 3.63) is 28.8 Å². The summed E-state index contributed by atoms with van der Waals surface area (Å²) in [5.41, 5.74) is 1.79. The van der Waals surface area contributed by atoms with Gasteiger partial charge in [0.1, 0.15) is 15.8 Å². The van der Waals surface area contributed by atoms with E-state index in [1.807, 2.05) is 19.1 Å². The van der Waals surface area contributed by atoms with Gasteiger partial charge in [-0.1, -0.05) is 23.5 Å². The molecule has 0 bridgehead atoms. The van der Waals surface area contributed by atoms with Crippen molar-refractivity contribution in [2.75, 3.05) is 26.8 Å². The van der Waals surface area contributed by atoms with Crippen molar-refractivity contribution >= 4 is 11.3 Å². The lowest BCUT2D eigenvalue weighted by atomic mass is 10.1. The fourth-order valence-electron chi connectivity index (χ4n) is 1.81. The number of methoxy groups -OCH3 is 1. The highest BCUT2D eigenvalue weighted by atomic mass is 32.1. The number of rotatable bonds is 7. The average molecular weight is 293 g/mol. The molecule has 0 fully saturated rings. The molecule has 5 nitrogen and oxygen atoms in total. The minimum Gasteiger partial charge on any atom is -0.508 e. The van der Waals surface area contributed by atoms with E-state index in [2.05, 4.69) is 15.5 Å². The number of hydrogen-bond donors (Lipinski definition) is 2. The maximum Gasteiger partial charge on any atom is 0.148 e. The van der Waals surface area contributed by atoms with Crippen LogP contribution in [0.2, 0.25) is 0 Å². The minimum absolute atomic E-state index is 0.292. The molecule has 0 saturated heterocycles. The molecule has 0 aliphatic heterocycles. The highest BCUT2D eigenvalue weighted by molar-refractivity contribution is 7.14. The Bertz CT molecular complexity index is 557. The normalized spacial score (nSPS) is 10.9. The Hall–Kier alpha value is -1.50. The van der Waals surface area contributed by atoms with Crippen LogP contribution in [0.1, 0.15) is 10.6 Å². The second kappa shape index (κ2) is 7.33. The molecule has 0 atom stereocenters. The van der Waals surface area contributed by atoms with Gasteiger partial charge in [-0.05, 0) is 13.0 Å². The van der Waals surface area contributed by atoms with Crippen LogP contribution in [0.4, 0.5) is 0 Å². The third kappa shape index (κ3) is 3.75. The summed E-state index contributed by atoms with van der Waals surface area (Å²) in [6.45, 7) is 4.30. The van der Waals surface area contributed by atoms with Gasteiger partial charge >= 0.3 is 0 Å². The Morgan fingerprint density at radius 1 is 1.30 bits per heavy atom. The van der Waals surface area contributed by atoms with E-state index in [4.69, 9.17) is 4.74 Å². The zero-order chi connectivity index (χ0) is 14.4. The Kier molecular flexibility index (Phi) is 5.46. The number of phenolic OH excluding ortho intramolecular Hbond substituents is 1. The van der Waals surface area contributed by atoms with Crippen molar-refractivity contribution in [3.63, 3.8) is 0 Å². The predicted octanol–water partition coefficient (Wildman–Crippen LogP) is 2.00. The van der Waals surface area contributed by atoms with E-state index in [9.17, 15) is 5.11 Å². The van der Waals surface area contributed by atoms with Crippen molar-refractivity contribution in [1.29, 1.82) is 0 Å². The Morgan fingerprint density at radius 3 is 2.95 bits per heavy atom. The molecule has 0 aliphatic rings. The van der Waals surface area contributed by atoms with Crippen molar-refractivity contribution in [2.24, 2.45) is 0 Å². The lowest BCUT2D eigenvalue weighted by molar-refractivity contribution is 0.199. The average Bonchev–Trinajstić information content (AvgIpc) is 2.90. The van der Waals surface area contributed by atoms with Gasteiger partial charge in [-0.15, -0.1) is 10.2 Å². The number of aromatic nitrogens is 2. The molecule has 108 valence electrons. The minimum atomic E-state index is 0.292. The van der Waals surface area contributed by atoms with Crippen LogP contribution >= 0.6 is 11.3 Å². The highest BCUT2D eigenvalue weighted by Crippen LogP contribution is 2.31. The second-order valence-electron chi connectivity index (χ2n) is 4.44. The van der Waals surface area contributed by atoms with Gasteiger partial charge in [0, 0.05) is 37.7 Å². The molecular weight excluding hydrogens is 274 g/mol. The smallest absolute Gasteiger partial charge is 0.148 e. The van der Waals surface area contributed by atoms with Gasteiger partial charge in [0.15, 0.2) is 0 Å². The molecule has 0 unspecified atom stereocenters. The van der Waals surface area contributed by atoms with Crippen LogP contribution in [0.15, 0.2) is 18.2 Å². The van der Waals surface area contributed by atoms with Crippen LogP contribution < -0.4 is 5.32 Å². The van der Waals surface area contributed by atoms with Crippen LogP contribution in [-0.4, -0.2) is 42.1 Å². The summed E-state index contributed by atoms with van der Waals surface area (Å²) in [7, 11) is 1.69. The quantitative estimate of drug-likeness (QED) is 0.764. The SMILES string of the molecule is COCCNCCc1nnc(-c2cccc(O)c2C)s1. The highest BCUT2D eigenvalue weighted by Gasteiger charge is 2.10. The first-order valence-corrected chi connectivity index (χ1v) is 7.35. The molecule has 1 aromatic carbocycles. The summed E-state index contributed by atoms with van der Waals surface area (Å²) in [4.78, 5) is 0. The molecular formula is C14H19N3O2S. The summed E-state index contributed by atoms with van der Waals surface area (Å²) < 4.78 is 4.97. The molecule has 1 aromatic heterocycles. The van der Waals surface area contributed by atoms with E-state index in [0.29, 0.717) is 12.4 Å². The zero-order valence-corrected chi connectivity index (χ0v) is 12.5. The van der Waals surface area contributed by atoms with E-state index >= 15 is 0 Å². The summed E-state index contributed by atoms with van der Waals surface area (Å²) in [5.74, 6) is 0.292. The number of nitrogens with zero attached hydrogens (tertiary/aromatic N) is 2. The summed E-state index contributed by atoms with van der Waals surface area (Å²) in [5, 5.41) is 23.3. The van der Waals surface area contributed by atoms with Crippen LogP contribution in [0.3, 0.4) is 0 Å². The Morgan fingerprint density at radius 2 is 2.15 bits per heavy atom. The number of nitrogens with one attached hydrogen (secondary N) is 1. The van der Waals surface area contributed by atoms with Crippen LogP contribution in [0.5, 0.6) is 5.75 Å². The molecule has 0 saturated carbocycles. The van der Waals surface area contributed by atoms with Crippen molar-refractivity contribution in [1.82, 2.24) is 15.5 Å². The van der Waals surface area contributed by atoms with Gasteiger partial charge in [-0.2, -0.15) is 0 Å². The molecule has 0 amide bonds. The second-order valence-corrected chi connectivity index (χ2v) is 5.51. The Balaban J connectivity index is 1.97. The van der Waals surface area contributed by atoms with E-state index in [1.165, 1.54) is 0 Å². The lowest BCUT2D eigenvalue weighted by Gasteiger charge is -2.03. The van der Waals surface area contributed by atoms with Crippen LogP contribution in [0.25, 0.3) is 10.6 Å². The Labute approximate surface area is 122 Å². The van der Waals surface area contributed by atoms with E-state index in [0.717, 1.165) is 40.7 Å². The molecule has 2 rings (SSSR count). The first-order valence-electron chi connectivity index (χ1n) is 6.53. The molecule has 1 heterocycles. The first-order chi connectivity index (χ1) is 9.72. The van der Waals surface area contributed by atoms with Gasteiger partial charge < -0.3 is 15.2 Å². The zero-order valence-electron chi connectivity index (χ0n) is 11.7. The number of benzene rings is 1. The fourth-order valence-corrected chi connectivity index (χ4v) is 2.73. The van der Waals surface area contributed by atoms with Gasteiger partial charge in [0.2, 0.25) is 0 Å². The lowest BCUT2D eigenvalue weighted by Crippen LogP contribution is -2.21. The number of ether oxygens (including phenoxy) is 1. The van der Waals surface area contributed by atoms with Gasteiger partial charge in [0.05, 0.1) is 6.61 Å². The molecule has 6 heteroatoms. The molecule has 2 N–H and O–H groups in total. The van der Waals surface area contributed by atoms with E-state index < -0.39 is 0 Å². The van der Waals surface area contributed by atoms with Crippen LogP contribution in [-0.2, 0) is 11.2 Å².